The van der Waals surface area contributed by atoms with E-state index in [4.69, 9.17) is 0 Å². The fourth-order valence-corrected chi connectivity index (χ4v) is 2.63. The Morgan fingerprint density at radius 2 is 2.05 bits per heavy atom. The molecule has 124 valence electrons. The fraction of sp³-hybridized carbons (Fsp3) is 0.500. The molecular formula is C16H23Cl2N3O-2. The van der Waals surface area contributed by atoms with Gasteiger partial charge in [0, 0.05) is 18.2 Å². The normalized spacial score (nSPS) is 20.2. The van der Waals surface area contributed by atoms with Gasteiger partial charge in [-0.1, -0.05) is 6.08 Å². The van der Waals surface area contributed by atoms with Gasteiger partial charge in [-0.15, -0.1) is 6.58 Å². The van der Waals surface area contributed by atoms with Crippen molar-refractivity contribution in [3.05, 3.63) is 37.2 Å². The molecule has 22 heavy (non-hydrogen) atoms. The highest BCUT2D eigenvalue weighted by atomic mass is 35.5. The highest BCUT2D eigenvalue weighted by Gasteiger charge is 2.25. The summed E-state index contributed by atoms with van der Waals surface area (Å²) in [6.45, 7) is 4.71. The van der Waals surface area contributed by atoms with Crippen LogP contribution in [-0.4, -0.2) is 23.5 Å². The van der Waals surface area contributed by atoms with Gasteiger partial charge in [-0.3, -0.25) is 9.78 Å². The van der Waals surface area contributed by atoms with Crippen molar-refractivity contribution in [2.45, 2.75) is 38.1 Å². The van der Waals surface area contributed by atoms with Crippen LogP contribution in [0.1, 0.15) is 32.1 Å². The lowest BCUT2D eigenvalue weighted by atomic mass is 9.85. The Hall–Kier alpha value is -1.10. The molecule has 1 aliphatic carbocycles. The molecule has 0 spiro atoms. The maximum Gasteiger partial charge on any atom is 0.227 e. The lowest BCUT2D eigenvalue weighted by molar-refractivity contribution is -0.120. The third kappa shape index (κ3) is 6.77. The summed E-state index contributed by atoms with van der Waals surface area (Å²) < 4.78 is 0. The lowest BCUT2D eigenvalue weighted by Gasteiger charge is -2.28. The molecule has 4 nitrogen and oxygen atoms in total. The number of hydrogen-bond acceptors (Lipinski definition) is 3. The van der Waals surface area contributed by atoms with Crippen LogP contribution < -0.4 is 35.4 Å². The first kappa shape index (κ1) is 20.9. The number of anilines is 1. The summed E-state index contributed by atoms with van der Waals surface area (Å²) in [4.78, 5) is 16.2. The van der Waals surface area contributed by atoms with Crippen LogP contribution in [0.2, 0.25) is 0 Å². The van der Waals surface area contributed by atoms with E-state index in [1.807, 2.05) is 18.2 Å². The van der Waals surface area contributed by atoms with E-state index in [9.17, 15) is 4.79 Å². The van der Waals surface area contributed by atoms with Crippen molar-refractivity contribution in [3.8, 4) is 0 Å². The minimum Gasteiger partial charge on any atom is -1.00 e. The zero-order valence-corrected chi connectivity index (χ0v) is 14.1. The van der Waals surface area contributed by atoms with Gasteiger partial charge in [-0.05, 0) is 50.8 Å². The van der Waals surface area contributed by atoms with Gasteiger partial charge in [0.15, 0.2) is 0 Å². The Labute approximate surface area is 145 Å². The number of amides is 1. The van der Waals surface area contributed by atoms with E-state index in [0.717, 1.165) is 44.3 Å². The number of rotatable bonds is 6. The van der Waals surface area contributed by atoms with Crippen molar-refractivity contribution in [1.82, 2.24) is 10.3 Å². The second-order valence-corrected chi connectivity index (χ2v) is 5.31. The van der Waals surface area contributed by atoms with Crippen LogP contribution in [0, 0.1) is 5.92 Å². The van der Waals surface area contributed by atoms with Crippen LogP contribution in [-0.2, 0) is 4.79 Å². The molecule has 2 N–H and O–H groups in total. The number of nitrogens with zero attached hydrogens (tertiary/aromatic N) is 1. The minimum atomic E-state index is 0. The SMILES string of the molecule is C=CCCNC1CCC(C(=O)Nc2cccnc2)CC1.[Cl-].[Cl-]. The minimum absolute atomic E-state index is 0. The van der Waals surface area contributed by atoms with E-state index >= 15 is 0 Å². The Bertz CT molecular complexity index is 434. The van der Waals surface area contributed by atoms with Crippen LogP contribution in [0.5, 0.6) is 0 Å². The first-order chi connectivity index (χ1) is 9.79. The first-order valence-electron chi connectivity index (χ1n) is 7.34. The summed E-state index contributed by atoms with van der Waals surface area (Å²) in [6, 6.07) is 4.25. The van der Waals surface area contributed by atoms with E-state index in [1.54, 1.807) is 12.4 Å². The molecule has 0 atom stereocenters. The van der Waals surface area contributed by atoms with Crippen molar-refractivity contribution in [2.75, 3.05) is 11.9 Å². The van der Waals surface area contributed by atoms with Crippen molar-refractivity contribution in [3.63, 3.8) is 0 Å². The highest BCUT2D eigenvalue weighted by Crippen LogP contribution is 2.25. The van der Waals surface area contributed by atoms with Crippen LogP contribution >= 0.6 is 0 Å². The summed E-state index contributed by atoms with van der Waals surface area (Å²) in [5.41, 5.74) is 0.781. The maximum absolute atomic E-state index is 12.2. The number of pyridine rings is 1. The molecule has 0 aliphatic heterocycles. The first-order valence-corrected chi connectivity index (χ1v) is 7.34. The molecule has 6 heteroatoms. The number of nitrogens with one attached hydrogen (secondary N) is 2. The van der Waals surface area contributed by atoms with E-state index in [2.05, 4.69) is 22.2 Å². The molecule has 0 radical (unpaired) electrons. The van der Waals surface area contributed by atoms with Crippen molar-refractivity contribution >= 4 is 11.6 Å². The Balaban J connectivity index is 0.00000220. The molecule has 1 heterocycles. The van der Waals surface area contributed by atoms with Crippen molar-refractivity contribution in [2.24, 2.45) is 5.92 Å². The lowest BCUT2D eigenvalue weighted by Crippen LogP contribution is -3.00. The molecular weight excluding hydrogens is 321 g/mol. The third-order valence-corrected chi connectivity index (χ3v) is 3.81. The molecule has 1 aromatic heterocycles. The van der Waals surface area contributed by atoms with Crippen LogP contribution in [0.4, 0.5) is 5.69 Å². The summed E-state index contributed by atoms with van der Waals surface area (Å²) in [5.74, 6) is 0.259. The molecule has 1 amide bonds. The predicted molar refractivity (Wildman–Crippen MR) is 81.4 cm³/mol. The molecule has 0 aromatic carbocycles. The van der Waals surface area contributed by atoms with Crippen LogP contribution in [0.3, 0.4) is 0 Å². The van der Waals surface area contributed by atoms with Gasteiger partial charge in [0.05, 0.1) is 11.9 Å². The van der Waals surface area contributed by atoms with E-state index in [-0.39, 0.29) is 36.6 Å². The second-order valence-electron chi connectivity index (χ2n) is 5.31. The summed E-state index contributed by atoms with van der Waals surface area (Å²) in [6.07, 6.45) is 10.4. The Kier molecular flexibility index (Phi) is 10.9. The van der Waals surface area contributed by atoms with Gasteiger partial charge in [0.25, 0.3) is 0 Å². The number of halogens is 2. The molecule has 1 aromatic rings. The van der Waals surface area contributed by atoms with Crippen LogP contribution in [0.15, 0.2) is 37.2 Å². The molecule has 0 bridgehead atoms. The monoisotopic (exact) mass is 343 g/mol. The van der Waals surface area contributed by atoms with Crippen LogP contribution in [0.25, 0.3) is 0 Å². The van der Waals surface area contributed by atoms with E-state index in [1.165, 1.54) is 0 Å². The second kappa shape index (κ2) is 11.5. The van der Waals surface area contributed by atoms with Gasteiger partial charge >= 0.3 is 0 Å². The number of aromatic nitrogens is 1. The van der Waals surface area contributed by atoms with Crippen molar-refractivity contribution < 1.29 is 29.6 Å². The number of carbonyl (C=O) groups is 1. The number of carbonyl (C=O) groups excluding carboxylic acids is 1. The standard InChI is InChI=1S/C16H23N3O.2ClH/c1-2-3-11-18-14-8-6-13(7-9-14)16(20)19-15-5-4-10-17-12-15;;/h2,4-5,10,12-14,18H,1,3,6-9,11H2,(H,19,20);2*1H/p-2. The summed E-state index contributed by atoms with van der Waals surface area (Å²) in [7, 11) is 0. The van der Waals surface area contributed by atoms with Gasteiger partial charge in [0.2, 0.25) is 5.91 Å². The molecule has 1 saturated carbocycles. The zero-order valence-electron chi connectivity index (χ0n) is 12.6. The largest absolute Gasteiger partial charge is 1.00 e. The Morgan fingerprint density at radius 3 is 2.64 bits per heavy atom. The van der Waals surface area contributed by atoms with Gasteiger partial charge in [-0.2, -0.15) is 0 Å². The summed E-state index contributed by atoms with van der Waals surface area (Å²) in [5, 5.41) is 6.46. The highest BCUT2D eigenvalue weighted by molar-refractivity contribution is 5.92. The van der Waals surface area contributed by atoms with E-state index in [0.29, 0.717) is 6.04 Å². The van der Waals surface area contributed by atoms with Crippen molar-refractivity contribution in [1.29, 1.82) is 0 Å². The fourth-order valence-electron chi connectivity index (χ4n) is 2.63. The molecule has 0 unspecified atom stereocenters. The molecule has 1 aliphatic rings. The topological polar surface area (TPSA) is 54.0 Å². The molecule has 0 saturated heterocycles. The molecule has 2 rings (SSSR count). The third-order valence-electron chi connectivity index (χ3n) is 3.81. The maximum atomic E-state index is 12.2. The quantitative estimate of drug-likeness (QED) is 0.421. The van der Waals surface area contributed by atoms with Gasteiger partial charge < -0.3 is 35.4 Å². The zero-order chi connectivity index (χ0) is 14.2. The van der Waals surface area contributed by atoms with Gasteiger partial charge in [-0.25, -0.2) is 0 Å². The average Bonchev–Trinajstić information content (AvgIpc) is 2.49. The van der Waals surface area contributed by atoms with Gasteiger partial charge in [0.1, 0.15) is 0 Å². The molecule has 1 fully saturated rings. The smallest absolute Gasteiger partial charge is 0.227 e. The average molecular weight is 344 g/mol. The summed E-state index contributed by atoms with van der Waals surface area (Å²) >= 11 is 0. The number of hydrogen-bond donors (Lipinski definition) is 2. The predicted octanol–water partition coefficient (Wildman–Crippen LogP) is -3.25. The van der Waals surface area contributed by atoms with E-state index < -0.39 is 0 Å². The Morgan fingerprint density at radius 1 is 1.32 bits per heavy atom.